The lowest BCUT2D eigenvalue weighted by atomic mass is 10.2. The van der Waals surface area contributed by atoms with E-state index in [0.717, 1.165) is 4.90 Å². The van der Waals surface area contributed by atoms with Crippen molar-refractivity contribution < 1.29 is 22.8 Å². The molecule has 0 aromatic heterocycles. The number of nitrogens with zero attached hydrogens (tertiary/aromatic N) is 1. The van der Waals surface area contributed by atoms with Crippen LogP contribution in [-0.2, 0) is 9.59 Å². The summed E-state index contributed by atoms with van der Waals surface area (Å²) >= 11 is 1.48. The van der Waals surface area contributed by atoms with Crippen molar-refractivity contribution in [1.29, 1.82) is 0 Å². The smallest absolute Gasteiger partial charge is 0.346 e. The van der Waals surface area contributed by atoms with Crippen LogP contribution in [0.4, 0.5) is 18.9 Å². The zero-order valence-corrected chi connectivity index (χ0v) is 14.4. The molecule has 0 saturated carbocycles. The number of nitrogens with one attached hydrogen (secondary N) is 2. The lowest BCUT2D eigenvalue weighted by molar-refractivity contribution is -0.141. The van der Waals surface area contributed by atoms with Gasteiger partial charge in [0.2, 0.25) is 11.8 Å². The third-order valence-corrected chi connectivity index (χ3v) is 4.07. The molecule has 1 aromatic rings. The van der Waals surface area contributed by atoms with E-state index < -0.39 is 24.7 Å². The van der Waals surface area contributed by atoms with Crippen molar-refractivity contribution >= 4 is 29.3 Å². The summed E-state index contributed by atoms with van der Waals surface area (Å²) in [5.41, 5.74) is 0.651. The number of hydrogen-bond donors (Lipinski definition) is 2. The van der Waals surface area contributed by atoms with Gasteiger partial charge in [0.05, 0.1) is 18.3 Å². The zero-order chi connectivity index (χ0) is 18.3. The van der Waals surface area contributed by atoms with Crippen LogP contribution >= 0.6 is 11.8 Å². The first kappa shape index (κ1) is 20.3. The number of carbonyl (C=O) groups is 2. The molecule has 0 saturated heterocycles. The Morgan fingerprint density at radius 1 is 1.29 bits per heavy atom. The van der Waals surface area contributed by atoms with E-state index in [-0.39, 0.29) is 12.5 Å². The number of thioether (sulfide) groups is 1. The first-order valence-corrected chi connectivity index (χ1v) is 8.34. The second kappa shape index (κ2) is 8.93. The van der Waals surface area contributed by atoms with Gasteiger partial charge < -0.3 is 10.6 Å². The Balaban J connectivity index is 2.55. The standard InChI is InChI=1S/C15H20F3N3O2S/c1-10(14(23)19-9-15(16,17)18)21(2)8-13(22)20-11-6-4-5-7-12(11)24-3/h4-7,10H,8-9H2,1-3H3,(H,19,23)(H,20,22). The number of anilines is 1. The number of alkyl halides is 3. The average Bonchev–Trinajstić information content (AvgIpc) is 2.51. The van der Waals surface area contributed by atoms with Crippen LogP contribution in [0.15, 0.2) is 29.2 Å². The molecule has 24 heavy (non-hydrogen) atoms. The first-order chi connectivity index (χ1) is 11.1. The van der Waals surface area contributed by atoms with Crippen LogP contribution in [-0.4, -0.2) is 55.3 Å². The largest absolute Gasteiger partial charge is 0.405 e. The molecule has 0 radical (unpaired) electrons. The van der Waals surface area contributed by atoms with Gasteiger partial charge in [-0.15, -0.1) is 11.8 Å². The Labute approximate surface area is 143 Å². The van der Waals surface area contributed by atoms with Crippen molar-refractivity contribution in [3.63, 3.8) is 0 Å². The van der Waals surface area contributed by atoms with Gasteiger partial charge in [-0.3, -0.25) is 14.5 Å². The van der Waals surface area contributed by atoms with E-state index in [9.17, 15) is 22.8 Å². The number of hydrogen-bond acceptors (Lipinski definition) is 4. The fourth-order valence-electron chi connectivity index (χ4n) is 1.84. The van der Waals surface area contributed by atoms with Gasteiger partial charge in [0.1, 0.15) is 6.54 Å². The van der Waals surface area contributed by atoms with Gasteiger partial charge in [0, 0.05) is 4.90 Å². The minimum atomic E-state index is -4.47. The summed E-state index contributed by atoms with van der Waals surface area (Å²) in [6.45, 7) is -0.0740. The van der Waals surface area contributed by atoms with Gasteiger partial charge >= 0.3 is 6.18 Å². The number of para-hydroxylation sites is 1. The fraction of sp³-hybridized carbons (Fsp3) is 0.467. The third-order valence-electron chi connectivity index (χ3n) is 3.28. The van der Waals surface area contributed by atoms with Gasteiger partial charge in [-0.1, -0.05) is 12.1 Å². The fourth-order valence-corrected chi connectivity index (χ4v) is 2.39. The molecule has 0 spiro atoms. The van der Waals surface area contributed by atoms with Crippen LogP contribution in [0, 0.1) is 0 Å². The first-order valence-electron chi connectivity index (χ1n) is 7.11. The summed E-state index contributed by atoms with van der Waals surface area (Å²) < 4.78 is 36.3. The number of benzene rings is 1. The average molecular weight is 363 g/mol. The third kappa shape index (κ3) is 6.79. The molecule has 2 N–H and O–H groups in total. The molecule has 134 valence electrons. The molecule has 2 amide bonds. The summed E-state index contributed by atoms with van der Waals surface area (Å²) in [7, 11) is 1.50. The molecule has 1 atom stereocenters. The number of carbonyl (C=O) groups excluding carboxylic acids is 2. The Bertz CT molecular complexity index is 581. The van der Waals surface area contributed by atoms with Gasteiger partial charge in [-0.25, -0.2) is 0 Å². The molecular formula is C15H20F3N3O2S. The highest BCUT2D eigenvalue weighted by Gasteiger charge is 2.29. The molecule has 1 unspecified atom stereocenters. The Morgan fingerprint density at radius 3 is 2.50 bits per heavy atom. The predicted octanol–water partition coefficient (Wildman–Crippen LogP) is 2.35. The Kier molecular flexibility index (Phi) is 7.56. The van der Waals surface area contributed by atoms with Crippen molar-refractivity contribution in [3.05, 3.63) is 24.3 Å². The lowest BCUT2D eigenvalue weighted by Gasteiger charge is -2.23. The Morgan fingerprint density at radius 2 is 1.92 bits per heavy atom. The van der Waals surface area contributed by atoms with Crippen LogP contribution in [0.3, 0.4) is 0 Å². The molecule has 1 rings (SSSR count). The summed E-state index contributed by atoms with van der Waals surface area (Å²) in [4.78, 5) is 26.0. The number of likely N-dealkylation sites (N-methyl/N-ethyl adjacent to an activating group) is 1. The van der Waals surface area contributed by atoms with Crippen LogP contribution in [0.5, 0.6) is 0 Å². The monoisotopic (exact) mass is 363 g/mol. The molecule has 9 heteroatoms. The molecule has 0 fully saturated rings. The topological polar surface area (TPSA) is 61.4 Å². The highest BCUT2D eigenvalue weighted by molar-refractivity contribution is 7.98. The maximum absolute atomic E-state index is 12.1. The quantitative estimate of drug-likeness (QED) is 0.730. The Hall–Kier alpha value is -1.74. The number of rotatable bonds is 7. The van der Waals surface area contributed by atoms with Crippen LogP contribution in [0.25, 0.3) is 0 Å². The molecule has 0 bridgehead atoms. The van der Waals surface area contributed by atoms with Crippen LogP contribution in [0.2, 0.25) is 0 Å². The minimum Gasteiger partial charge on any atom is -0.346 e. The SMILES string of the molecule is CSc1ccccc1NC(=O)CN(C)C(C)C(=O)NCC(F)(F)F. The highest BCUT2D eigenvalue weighted by atomic mass is 32.2. The second-order valence-corrected chi connectivity index (χ2v) is 6.02. The van der Waals surface area contributed by atoms with E-state index in [1.165, 1.54) is 30.6 Å². The zero-order valence-electron chi connectivity index (χ0n) is 13.6. The number of amides is 2. The van der Waals surface area contributed by atoms with Crippen molar-refractivity contribution in [2.75, 3.05) is 31.7 Å². The molecule has 0 heterocycles. The maximum Gasteiger partial charge on any atom is 0.405 e. The van der Waals surface area contributed by atoms with E-state index in [4.69, 9.17) is 0 Å². The second-order valence-electron chi connectivity index (χ2n) is 5.17. The maximum atomic E-state index is 12.1. The molecule has 1 aromatic carbocycles. The number of halogens is 3. The normalized spacial score (nSPS) is 12.8. The van der Waals surface area contributed by atoms with Gasteiger partial charge in [0.25, 0.3) is 0 Å². The van der Waals surface area contributed by atoms with E-state index in [1.807, 2.05) is 18.4 Å². The van der Waals surface area contributed by atoms with Gasteiger partial charge in [0.15, 0.2) is 0 Å². The van der Waals surface area contributed by atoms with Gasteiger partial charge in [-0.05, 0) is 32.4 Å². The molecule has 0 aliphatic rings. The van der Waals surface area contributed by atoms with Crippen LogP contribution in [0.1, 0.15) is 6.92 Å². The van der Waals surface area contributed by atoms with E-state index in [2.05, 4.69) is 5.32 Å². The van der Waals surface area contributed by atoms with E-state index >= 15 is 0 Å². The summed E-state index contributed by atoms with van der Waals surface area (Å²) in [5, 5.41) is 4.53. The molecule has 0 aliphatic carbocycles. The summed E-state index contributed by atoms with van der Waals surface area (Å²) in [6, 6.07) is 6.38. The molecule has 5 nitrogen and oxygen atoms in total. The van der Waals surface area contributed by atoms with E-state index in [0.29, 0.717) is 5.69 Å². The lowest BCUT2D eigenvalue weighted by Crippen LogP contribution is -2.47. The summed E-state index contributed by atoms with van der Waals surface area (Å²) in [6.07, 6.45) is -2.59. The van der Waals surface area contributed by atoms with Crippen molar-refractivity contribution in [2.24, 2.45) is 0 Å². The van der Waals surface area contributed by atoms with E-state index in [1.54, 1.807) is 17.4 Å². The van der Waals surface area contributed by atoms with Crippen LogP contribution < -0.4 is 10.6 Å². The van der Waals surface area contributed by atoms with Crippen molar-refractivity contribution in [1.82, 2.24) is 10.2 Å². The van der Waals surface area contributed by atoms with Gasteiger partial charge in [-0.2, -0.15) is 13.2 Å². The highest BCUT2D eigenvalue weighted by Crippen LogP contribution is 2.24. The predicted molar refractivity (Wildman–Crippen MR) is 88.0 cm³/mol. The summed E-state index contributed by atoms with van der Waals surface area (Å²) in [5.74, 6) is -1.14. The van der Waals surface area contributed by atoms with Crippen molar-refractivity contribution in [2.45, 2.75) is 24.0 Å². The van der Waals surface area contributed by atoms with Crippen molar-refractivity contribution in [3.8, 4) is 0 Å². The minimum absolute atomic E-state index is 0.122. The molecule has 0 aliphatic heterocycles. The molecular weight excluding hydrogens is 343 g/mol.